The van der Waals surface area contributed by atoms with Crippen LogP contribution in [0.15, 0.2) is 18.3 Å². The number of ketones is 1. The molecule has 16 heavy (non-hydrogen) atoms. The van der Waals surface area contributed by atoms with E-state index in [1.807, 2.05) is 19.1 Å². The van der Waals surface area contributed by atoms with E-state index in [1.54, 1.807) is 6.20 Å². The molecule has 1 aromatic rings. The van der Waals surface area contributed by atoms with Gasteiger partial charge in [0.25, 0.3) is 0 Å². The Bertz CT molecular complexity index is 367. The van der Waals surface area contributed by atoms with Crippen LogP contribution in [-0.4, -0.2) is 10.8 Å². The lowest BCUT2D eigenvalue weighted by Crippen LogP contribution is -2.12. The van der Waals surface area contributed by atoms with E-state index < -0.39 is 0 Å². The Morgan fingerprint density at radius 3 is 2.81 bits per heavy atom. The van der Waals surface area contributed by atoms with Crippen molar-refractivity contribution in [2.24, 2.45) is 5.92 Å². The van der Waals surface area contributed by atoms with Crippen LogP contribution < -0.4 is 0 Å². The highest BCUT2D eigenvalue weighted by molar-refractivity contribution is 5.96. The number of pyridine rings is 1. The van der Waals surface area contributed by atoms with Crippen molar-refractivity contribution in [1.82, 2.24) is 4.98 Å². The molecule has 0 saturated heterocycles. The molecular weight excluding hydrogens is 198 g/mol. The van der Waals surface area contributed by atoms with Crippen LogP contribution in [0.4, 0.5) is 0 Å². The van der Waals surface area contributed by atoms with E-state index in [2.05, 4.69) is 4.98 Å². The zero-order valence-corrected chi connectivity index (χ0v) is 9.91. The van der Waals surface area contributed by atoms with Gasteiger partial charge in [-0.3, -0.25) is 9.78 Å². The number of hydrogen-bond donors (Lipinski definition) is 0. The summed E-state index contributed by atoms with van der Waals surface area (Å²) in [6, 6.07) is 3.73. The van der Waals surface area contributed by atoms with Crippen LogP contribution in [0, 0.1) is 12.8 Å². The van der Waals surface area contributed by atoms with Crippen molar-refractivity contribution in [3.05, 3.63) is 29.6 Å². The van der Waals surface area contributed by atoms with Crippen LogP contribution in [0.3, 0.4) is 0 Å². The molecule has 2 heteroatoms. The maximum Gasteiger partial charge on any atom is 0.163 e. The van der Waals surface area contributed by atoms with Gasteiger partial charge in [-0.15, -0.1) is 0 Å². The van der Waals surface area contributed by atoms with Gasteiger partial charge < -0.3 is 0 Å². The SMILES string of the molecule is Cc1cc(C(=O)CC2CCCCC2)ccn1. The van der Waals surface area contributed by atoms with Crippen molar-refractivity contribution in [1.29, 1.82) is 0 Å². The second-order valence-electron chi connectivity index (χ2n) is 4.82. The van der Waals surface area contributed by atoms with Gasteiger partial charge in [0.1, 0.15) is 0 Å². The Labute approximate surface area is 97.1 Å². The van der Waals surface area contributed by atoms with Crippen molar-refractivity contribution in [3.8, 4) is 0 Å². The first-order valence-corrected chi connectivity index (χ1v) is 6.21. The highest BCUT2D eigenvalue weighted by atomic mass is 16.1. The van der Waals surface area contributed by atoms with Crippen molar-refractivity contribution in [2.75, 3.05) is 0 Å². The second kappa shape index (κ2) is 5.24. The Balaban J connectivity index is 1.97. The molecule has 1 fully saturated rings. The van der Waals surface area contributed by atoms with Crippen molar-refractivity contribution >= 4 is 5.78 Å². The number of aryl methyl sites for hydroxylation is 1. The number of Topliss-reactive ketones (excluding diaryl/α,β-unsaturated/α-hetero) is 1. The predicted molar refractivity (Wildman–Crippen MR) is 64.5 cm³/mol. The first-order chi connectivity index (χ1) is 7.75. The lowest BCUT2D eigenvalue weighted by atomic mass is 9.85. The third-order valence-corrected chi connectivity index (χ3v) is 3.42. The van der Waals surface area contributed by atoms with Crippen LogP contribution in [-0.2, 0) is 0 Å². The predicted octanol–water partition coefficient (Wildman–Crippen LogP) is 3.54. The molecule has 1 saturated carbocycles. The summed E-state index contributed by atoms with van der Waals surface area (Å²) in [5.41, 5.74) is 1.76. The van der Waals surface area contributed by atoms with Crippen LogP contribution in [0.25, 0.3) is 0 Å². The van der Waals surface area contributed by atoms with Gasteiger partial charge in [-0.2, -0.15) is 0 Å². The van der Waals surface area contributed by atoms with E-state index in [4.69, 9.17) is 0 Å². The second-order valence-corrected chi connectivity index (χ2v) is 4.82. The minimum Gasteiger partial charge on any atom is -0.294 e. The zero-order valence-electron chi connectivity index (χ0n) is 9.91. The fourth-order valence-electron chi connectivity index (χ4n) is 2.49. The fraction of sp³-hybridized carbons (Fsp3) is 0.571. The maximum absolute atomic E-state index is 12.0. The van der Waals surface area contributed by atoms with Crippen molar-refractivity contribution in [3.63, 3.8) is 0 Å². The summed E-state index contributed by atoms with van der Waals surface area (Å²) in [4.78, 5) is 16.2. The molecule has 0 spiro atoms. The molecule has 86 valence electrons. The molecule has 1 aliphatic carbocycles. The molecule has 2 rings (SSSR count). The highest BCUT2D eigenvalue weighted by Crippen LogP contribution is 2.27. The van der Waals surface area contributed by atoms with Gasteiger partial charge in [-0.1, -0.05) is 32.1 Å². The molecule has 0 amide bonds. The molecule has 1 heterocycles. The summed E-state index contributed by atoms with van der Waals surface area (Å²) in [5, 5.41) is 0. The van der Waals surface area contributed by atoms with Gasteiger partial charge in [-0.25, -0.2) is 0 Å². The van der Waals surface area contributed by atoms with Gasteiger partial charge >= 0.3 is 0 Å². The lowest BCUT2D eigenvalue weighted by molar-refractivity contribution is 0.0950. The molecule has 0 aromatic carbocycles. The molecule has 0 atom stereocenters. The molecule has 0 bridgehead atoms. The normalized spacial score (nSPS) is 17.3. The minimum atomic E-state index is 0.289. The summed E-state index contributed by atoms with van der Waals surface area (Å²) < 4.78 is 0. The average molecular weight is 217 g/mol. The van der Waals surface area contributed by atoms with Gasteiger partial charge in [0.05, 0.1) is 0 Å². The van der Waals surface area contributed by atoms with E-state index in [9.17, 15) is 4.79 Å². The number of aromatic nitrogens is 1. The van der Waals surface area contributed by atoms with Gasteiger partial charge in [-0.05, 0) is 25.0 Å². The third kappa shape index (κ3) is 2.91. The average Bonchev–Trinajstić information content (AvgIpc) is 2.30. The summed E-state index contributed by atoms with van der Waals surface area (Å²) in [6.45, 7) is 1.93. The molecule has 0 N–H and O–H groups in total. The van der Waals surface area contributed by atoms with Gasteiger partial charge in [0.2, 0.25) is 0 Å². The van der Waals surface area contributed by atoms with Gasteiger partial charge in [0, 0.05) is 23.9 Å². The Morgan fingerprint density at radius 2 is 2.12 bits per heavy atom. The first-order valence-electron chi connectivity index (χ1n) is 6.21. The molecule has 0 radical (unpaired) electrons. The molecular formula is C14H19NO. The number of hydrogen-bond acceptors (Lipinski definition) is 2. The molecule has 2 nitrogen and oxygen atoms in total. The summed E-state index contributed by atoms with van der Waals surface area (Å²) in [5.74, 6) is 0.909. The van der Waals surface area contributed by atoms with Crippen LogP contribution in [0.5, 0.6) is 0 Å². The van der Waals surface area contributed by atoms with Crippen LogP contribution in [0.1, 0.15) is 54.6 Å². The number of nitrogens with zero attached hydrogens (tertiary/aromatic N) is 1. The number of carbonyl (C=O) groups is 1. The molecule has 1 aliphatic rings. The Kier molecular flexibility index (Phi) is 3.70. The Morgan fingerprint density at radius 1 is 1.38 bits per heavy atom. The quantitative estimate of drug-likeness (QED) is 0.725. The lowest BCUT2D eigenvalue weighted by Gasteiger charge is -2.20. The third-order valence-electron chi connectivity index (χ3n) is 3.42. The zero-order chi connectivity index (χ0) is 11.4. The van der Waals surface area contributed by atoms with E-state index in [-0.39, 0.29) is 5.78 Å². The summed E-state index contributed by atoms with van der Waals surface area (Å²) in [7, 11) is 0. The monoisotopic (exact) mass is 217 g/mol. The largest absolute Gasteiger partial charge is 0.294 e. The molecule has 0 aliphatic heterocycles. The van der Waals surface area contributed by atoms with Gasteiger partial charge in [0.15, 0.2) is 5.78 Å². The van der Waals surface area contributed by atoms with E-state index in [0.29, 0.717) is 5.92 Å². The van der Waals surface area contributed by atoms with Crippen LogP contribution >= 0.6 is 0 Å². The fourth-order valence-corrected chi connectivity index (χ4v) is 2.49. The molecule has 1 aromatic heterocycles. The highest BCUT2D eigenvalue weighted by Gasteiger charge is 2.17. The summed E-state index contributed by atoms with van der Waals surface area (Å²) in [6.07, 6.45) is 8.86. The van der Waals surface area contributed by atoms with E-state index in [1.165, 1.54) is 32.1 Å². The number of carbonyl (C=O) groups excluding carboxylic acids is 1. The standard InChI is InChI=1S/C14H19NO/c1-11-9-13(7-8-15-11)14(16)10-12-5-3-2-4-6-12/h7-9,12H,2-6,10H2,1H3. The first kappa shape index (κ1) is 11.3. The smallest absolute Gasteiger partial charge is 0.163 e. The van der Waals surface area contributed by atoms with Crippen LogP contribution in [0.2, 0.25) is 0 Å². The topological polar surface area (TPSA) is 30.0 Å². The van der Waals surface area contributed by atoms with E-state index >= 15 is 0 Å². The maximum atomic E-state index is 12.0. The molecule has 0 unspecified atom stereocenters. The number of rotatable bonds is 3. The van der Waals surface area contributed by atoms with Crippen molar-refractivity contribution in [2.45, 2.75) is 45.4 Å². The minimum absolute atomic E-state index is 0.289. The van der Waals surface area contributed by atoms with E-state index in [0.717, 1.165) is 17.7 Å². The van der Waals surface area contributed by atoms with Crippen molar-refractivity contribution < 1.29 is 4.79 Å². The summed E-state index contributed by atoms with van der Waals surface area (Å²) >= 11 is 0. The Hall–Kier alpha value is -1.18.